The van der Waals surface area contributed by atoms with Crippen molar-refractivity contribution in [3.8, 4) is 6.07 Å². The highest BCUT2D eigenvalue weighted by molar-refractivity contribution is 7.10. The highest BCUT2D eigenvalue weighted by Crippen LogP contribution is 2.38. The molecule has 1 aliphatic rings. The fraction of sp³-hybridized carbons (Fsp3) is 0.636. The summed E-state index contributed by atoms with van der Waals surface area (Å²) in [4.78, 5) is 8.00. The van der Waals surface area contributed by atoms with Crippen molar-refractivity contribution in [3.05, 3.63) is 34.0 Å². The van der Waals surface area contributed by atoms with Crippen LogP contribution in [0.1, 0.15) is 80.3 Å². The lowest BCUT2D eigenvalue weighted by atomic mass is 9.80. The number of unbranched alkanes of at least 4 members (excludes halogenated alkanes) is 1. The molecule has 1 atom stereocenters. The topological polar surface area (TPSA) is 65.1 Å². The Kier molecular flexibility index (Phi) is 7.52. The molecule has 0 amide bonds. The van der Waals surface area contributed by atoms with Crippen molar-refractivity contribution < 1.29 is 4.42 Å². The number of nitrogens with one attached hydrogen (secondary N) is 1. The highest BCUT2D eigenvalue weighted by atomic mass is 32.1. The maximum Gasteiger partial charge on any atom is 0.232 e. The summed E-state index contributed by atoms with van der Waals surface area (Å²) in [6, 6.07) is 6.65. The lowest BCUT2D eigenvalue weighted by Crippen LogP contribution is -2.26. The summed E-state index contributed by atoms with van der Waals surface area (Å²) >= 11 is 1.75. The number of thiophene rings is 1. The van der Waals surface area contributed by atoms with Gasteiger partial charge >= 0.3 is 0 Å². The average Bonchev–Trinajstić information content (AvgIpc) is 3.37. The molecule has 3 rings (SSSR count). The molecule has 5 nitrogen and oxygen atoms in total. The predicted molar refractivity (Wildman–Crippen MR) is 115 cm³/mol. The standard InChI is InChI=1S/C22H32N4OS/c1-4-5-7-16-9-11-17(12-10-16)21-25-18(14-23)22(27-21)24-15-19(26(2)3)20-8-6-13-28-20/h6,8,13,16-17,19,24H,4-5,7,9-12,15H2,1-3H3/t16?,17?,19-/m0/s1. The van der Waals surface area contributed by atoms with Crippen molar-refractivity contribution in [2.75, 3.05) is 26.0 Å². The Morgan fingerprint density at radius 3 is 2.75 bits per heavy atom. The molecule has 0 aromatic carbocycles. The molecular formula is C22H32N4OS. The van der Waals surface area contributed by atoms with Crippen molar-refractivity contribution in [1.82, 2.24) is 9.88 Å². The molecule has 1 aliphatic carbocycles. The smallest absolute Gasteiger partial charge is 0.232 e. The SMILES string of the molecule is CCCCC1CCC(c2nc(C#N)c(NC[C@@H](c3cccs3)N(C)C)o2)CC1. The second kappa shape index (κ2) is 10.1. The minimum atomic E-state index is 0.231. The van der Waals surface area contributed by atoms with Gasteiger partial charge in [0, 0.05) is 17.3 Å². The summed E-state index contributed by atoms with van der Waals surface area (Å²) in [5.41, 5.74) is 0.381. The van der Waals surface area contributed by atoms with Gasteiger partial charge in [-0.2, -0.15) is 5.26 Å². The Hall–Kier alpha value is -1.84. The first-order valence-corrected chi connectivity index (χ1v) is 11.3. The third kappa shape index (κ3) is 5.15. The van der Waals surface area contributed by atoms with E-state index in [0.29, 0.717) is 24.0 Å². The number of anilines is 1. The molecule has 28 heavy (non-hydrogen) atoms. The molecule has 6 heteroatoms. The molecule has 1 N–H and O–H groups in total. The Bertz CT molecular complexity index is 754. The van der Waals surface area contributed by atoms with E-state index in [4.69, 9.17) is 4.42 Å². The monoisotopic (exact) mass is 400 g/mol. The van der Waals surface area contributed by atoms with Crippen molar-refractivity contribution in [2.24, 2.45) is 5.92 Å². The maximum absolute atomic E-state index is 9.51. The number of nitriles is 1. The van der Waals surface area contributed by atoms with E-state index >= 15 is 0 Å². The Labute approximate surface area is 172 Å². The van der Waals surface area contributed by atoms with Gasteiger partial charge in [0.25, 0.3) is 0 Å². The molecule has 2 aromatic heterocycles. The summed E-state index contributed by atoms with van der Waals surface area (Å²) in [6.07, 6.45) is 8.69. The van der Waals surface area contributed by atoms with Crippen LogP contribution in [0.3, 0.4) is 0 Å². The molecule has 0 unspecified atom stereocenters. The van der Waals surface area contributed by atoms with Crippen LogP contribution in [0.15, 0.2) is 21.9 Å². The van der Waals surface area contributed by atoms with Crippen LogP contribution in [0.25, 0.3) is 0 Å². The van der Waals surface area contributed by atoms with E-state index in [1.165, 1.54) is 37.0 Å². The second-order valence-electron chi connectivity index (χ2n) is 8.08. The van der Waals surface area contributed by atoms with Gasteiger partial charge in [-0.15, -0.1) is 11.3 Å². The third-order valence-electron chi connectivity index (χ3n) is 5.86. The molecule has 0 saturated heterocycles. The predicted octanol–water partition coefficient (Wildman–Crippen LogP) is 5.79. The van der Waals surface area contributed by atoms with E-state index in [0.717, 1.165) is 24.7 Å². The molecule has 2 heterocycles. The van der Waals surface area contributed by atoms with Crippen LogP contribution in [0.4, 0.5) is 5.88 Å². The quantitative estimate of drug-likeness (QED) is 0.577. The number of nitrogens with zero attached hydrogens (tertiary/aromatic N) is 3. The lowest BCUT2D eigenvalue weighted by molar-refractivity contribution is 0.278. The van der Waals surface area contributed by atoms with Gasteiger partial charge in [-0.3, -0.25) is 0 Å². The summed E-state index contributed by atoms with van der Waals surface area (Å²) in [7, 11) is 4.14. The number of hydrogen-bond acceptors (Lipinski definition) is 6. The van der Waals surface area contributed by atoms with E-state index in [-0.39, 0.29) is 6.04 Å². The Morgan fingerprint density at radius 1 is 1.36 bits per heavy atom. The maximum atomic E-state index is 9.51. The minimum Gasteiger partial charge on any atom is -0.424 e. The first kappa shape index (κ1) is 20.9. The summed E-state index contributed by atoms with van der Waals surface area (Å²) in [6.45, 7) is 2.94. The van der Waals surface area contributed by atoms with Crippen LogP contribution in [-0.2, 0) is 0 Å². The van der Waals surface area contributed by atoms with Crippen LogP contribution in [0.5, 0.6) is 0 Å². The van der Waals surface area contributed by atoms with Crippen molar-refractivity contribution in [1.29, 1.82) is 5.26 Å². The van der Waals surface area contributed by atoms with Gasteiger partial charge in [-0.05, 0) is 57.1 Å². The fourth-order valence-corrected chi connectivity index (χ4v) is 5.03. The molecule has 2 aromatic rings. The van der Waals surface area contributed by atoms with Gasteiger partial charge in [0.1, 0.15) is 6.07 Å². The van der Waals surface area contributed by atoms with E-state index in [1.54, 1.807) is 11.3 Å². The van der Waals surface area contributed by atoms with Crippen molar-refractivity contribution in [2.45, 2.75) is 63.8 Å². The van der Waals surface area contributed by atoms with Gasteiger partial charge in [-0.25, -0.2) is 4.98 Å². The summed E-state index contributed by atoms with van der Waals surface area (Å²) in [5.74, 6) is 2.47. The molecule has 0 radical (unpaired) electrons. The van der Waals surface area contributed by atoms with Crippen LogP contribution >= 0.6 is 11.3 Å². The van der Waals surface area contributed by atoms with E-state index < -0.39 is 0 Å². The summed E-state index contributed by atoms with van der Waals surface area (Å²) in [5, 5.41) is 14.9. The highest BCUT2D eigenvalue weighted by Gasteiger charge is 2.27. The number of aromatic nitrogens is 1. The zero-order chi connectivity index (χ0) is 19.9. The van der Waals surface area contributed by atoms with Crippen LogP contribution in [0, 0.1) is 17.2 Å². The molecule has 0 spiro atoms. The second-order valence-corrected chi connectivity index (χ2v) is 9.06. The van der Waals surface area contributed by atoms with Crippen molar-refractivity contribution >= 4 is 17.2 Å². The molecule has 1 saturated carbocycles. The van der Waals surface area contributed by atoms with E-state index in [1.807, 2.05) is 0 Å². The van der Waals surface area contributed by atoms with Gasteiger partial charge in [0.2, 0.25) is 17.5 Å². The Balaban J connectivity index is 1.62. The fourth-order valence-electron chi connectivity index (χ4n) is 4.11. The molecule has 1 fully saturated rings. The normalized spacial score (nSPS) is 20.8. The molecular weight excluding hydrogens is 368 g/mol. The third-order valence-corrected chi connectivity index (χ3v) is 6.84. The zero-order valence-corrected chi connectivity index (χ0v) is 18.1. The molecule has 0 aliphatic heterocycles. The number of rotatable bonds is 9. The number of hydrogen-bond donors (Lipinski definition) is 1. The lowest BCUT2D eigenvalue weighted by Gasteiger charge is -2.26. The first-order chi connectivity index (χ1) is 13.6. The van der Waals surface area contributed by atoms with Crippen LogP contribution in [0.2, 0.25) is 0 Å². The zero-order valence-electron chi connectivity index (χ0n) is 17.3. The van der Waals surface area contributed by atoms with Crippen molar-refractivity contribution in [3.63, 3.8) is 0 Å². The van der Waals surface area contributed by atoms with E-state index in [9.17, 15) is 5.26 Å². The average molecular weight is 401 g/mol. The Morgan fingerprint density at radius 2 is 2.14 bits per heavy atom. The minimum absolute atomic E-state index is 0.231. The van der Waals surface area contributed by atoms with Gasteiger partial charge in [0.05, 0.1) is 6.04 Å². The largest absolute Gasteiger partial charge is 0.424 e. The van der Waals surface area contributed by atoms with Gasteiger partial charge in [0.15, 0.2) is 0 Å². The number of oxazole rings is 1. The molecule has 152 valence electrons. The van der Waals surface area contributed by atoms with Crippen LogP contribution in [-0.4, -0.2) is 30.5 Å². The first-order valence-electron chi connectivity index (χ1n) is 10.5. The number of likely N-dealkylation sites (N-methyl/N-ethyl adjacent to an activating group) is 1. The summed E-state index contributed by atoms with van der Waals surface area (Å²) < 4.78 is 6.05. The van der Waals surface area contributed by atoms with Gasteiger partial charge < -0.3 is 14.6 Å². The van der Waals surface area contributed by atoms with Crippen LogP contribution < -0.4 is 5.32 Å². The van der Waals surface area contributed by atoms with Gasteiger partial charge in [-0.1, -0.05) is 32.3 Å². The van der Waals surface area contributed by atoms with E-state index in [2.05, 4.69) is 59.8 Å². The molecule has 0 bridgehead atoms.